The molecule has 22 heavy (non-hydrogen) atoms. The van der Waals surface area contributed by atoms with Crippen LogP contribution in [0.4, 0.5) is 11.5 Å². The fraction of sp³-hybridized carbons (Fsp3) is 0.294. The van der Waals surface area contributed by atoms with Gasteiger partial charge in [0.05, 0.1) is 11.9 Å². The van der Waals surface area contributed by atoms with Gasteiger partial charge >= 0.3 is 0 Å². The van der Waals surface area contributed by atoms with E-state index in [0.29, 0.717) is 17.4 Å². The maximum Gasteiger partial charge on any atom is 0.256 e. The lowest BCUT2D eigenvalue weighted by atomic mass is 10.2. The van der Waals surface area contributed by atoms with E-state index in [9.17, 15) is 4.79 Å². The first-order chi connectivity index (χ1) is 10.7. The maximum absolute atomic E-state index is 12.1. The molecule has 0 aliphatic carbocycles. The third-order valence-corrected chi connectivity index (χ3v) is 3.86. The highest BCUT2D eigenvalue weighted by molar-refractivity contribution is 6.03. The number of hydrogen-bond donors (Lipinski definition) is 2. The molecule has 1 aromatic heterocycles. The average Bonchev–Trinajstić information content (AvgIpc) is 2.57. The highest BCUT2D eigenvalue weighted by Crippen LogP contribution is 2.19. The van der Waals surface area contributed by atoms with E-state index >= 15 is 0 Å². The molecule has 1 aromatic carbocycles. The molecule has 1 saturated heterocycles. The summed E-state index contributed by atoms with van der Waals surface area (Å²) in [6.07, 6.45) is 1.82. The smallest absolute Gasteiger partial charge is 0.256 e. The first-order valence-electron chi connectivity index (χ1n) is 7.54. The van der Waals surface area contributed by atoms with E-state index in [1.54, 1.807) is 12.1 Å². The van der Waals surface area contributed by atoms with Gasteiger partial charge in [0, 0.05) is 31.2 Å². The van der Waals surface area contributed by atoms with Crippen LogP contribution in [-0.2, 0) is 0 Å². The molecule has 1 aliphatic rings. The Morgan fingerprint density at radius 2 is 2.09 bits per heavy atom. The minimum absolute atomic E-state index is 0.142. The van der Waals surface area contributed by atoms with Crippen molar-refractivity contribution in [3.05, 3.63) is 54.2 Å². The van der Waals surface area contributed by atoms with Crippen molar-refractivity contribution >= 4 is 17.4 Å². The zero-order chi connectivity index (χ0) is 15.4. The number of aromatic nitrogens is 1. The van der Waals surface area contributed by atoms with Crippen LogP contribution in [0.2, 0.25) is 0 Å². The van der Waals surface area contributed by atoms with Crippen LogP contribution in [0.25, 0.3) is 0 Å². The topological polar surface area (TPSA) is 57.3 Å². The molecule has 0 bridgehead atoms. The van der Waals surface area contributed by atoms with Gasteiger partial charge in [0.2, 0.25) is 0 Å². The van der Waals surface area contributed by atoms with Crippen molar-refractivity contribution in [2.45, 2.75) is 13.0 Å². The van der Waals surface area contributed by atoms with E-state index in [-0.39, 0.29) is 5.91 Å². The summed E-state index contributed by atoms with van der Waals surface area (Å²) >= 11 is 0. The molecule has 3 rings (SSSR count). The minimum Gasteiger partial charge on any atom is -0.365 e. The number of rotatable bonds is 3. The van der Waals surface area contributed by atoms with Crippen LogP contribution in [0.3, 0.4) is 0 Å². The fourth-order valence-corrected chi connectivity index (χ4v) is 2.63. The molecule has 1 atom stereocenters. The number of amides is 1. The number of piperazine rings is 1. The van der Waals surface area contributed by atoms with Crippen LogP contribution in [0.15, 0.2) is 48.7 Å². The average molecular weight is 296 g/mol. The second-order valence-electron chi connectivity index (χ2n) is 5.47. The van der Waals surface area contributed by atoms with E-state index in [2.05, 4.69) is 27.4 Å². The molecular formula is C17H20N4O. The molecule has 2 aromatic rings. The van der Waals surface area contributed by atoms with Crippen molar-refractivity contribution < 1.29 is 4.79 Å². The Balaban J connectivity index is 1.68. The van der Waals surface area contributed by atoms with E-state index in [1.807, 2.05) is 36.5 Å². The first kappa shape index (κ1) is 14.5. The number of nitrogens with zero attached hydrogens (tertiary/aromatic N) is 2. The normalized spacial score (nSPS) is 18.0. The predicted molar refractivity (Wildman–Crippen MR) is 88.3 cm³/mol. The second kappa shape index (κ2) is 6.58. The summed E-state index contributed by atoms with van der Waals surface area (Å²) in [5.41, 5.74) is 1.72. The molecule has 1 unspecified atom stereocenters. The fourth-order valence-electron chi connectivity index (χ4n) is 2.63. The summed E-state index contributed by atoms with van der Waals surface area (Å²) in [7, 11) is 0. The summed E-state index contributed by atoms with van der Waals surface area (Å²) in [6, 6.07) is 13.5. The van der Waals surface area contributed by atoms with Crippen molar-refractivity contribution in [2.24, 2.45) is 0 Å². The van der Waals surface area contributed by atoms with E-state index in [4.69, 9.17) is 0 Å². The lowest BCUT2D eigenvalue weighted by molar-refractivity contribution is 0.102. The van der Waals surface area contributed by atoms with Crippen molar-refractivity contribution in [1.82, 2.24) is 10.3 Å². The van der Waals surface area contributed by atoms with Gasteiger partial charge in [0.25, 0.3) is 5.91 Å². The van der Waals surface area contributed by atoms with E-state index in [0.717, 1.165) is 25.3 Å². The van der Waals surface area contributed by atoms with Crippen LogP contribution < -0.4 is 15.5 Å². The lowest BCUT2D eigenvalue weighted by Gasteiger charge is -2.35. The number of carbonyl (C=O) groups excluding carboxylic acids is 1. The SMILES string of the molecule is CC1CNCCN1c1ccc(NC(=O)c2ccccc2)nc1. The molecule has 114 valence electrons. The Morgan fingerprint density at radius 3 is 2.77 bits per heavy atom. The number of pyridine rings is 1. The van der Waals surface area contributed by atoms with Crippen LogP contribution in [0, 0.1) is 0 Å². The maximum atomic E-state index is 12.1. The van der Waals surface area contributed by atoms with Gasteiger partial charge < -0.3 is 15.5 Å². The predicted octanol–water partition coefficient (Wildman–Crippen LogP) is 2.13. The van der Waals surface area contributed by atoms with E-state index in [1.165, 1.54) is 0 Å². The molecule has 2 heterocycles. The number of benzene rings is 1. The van der Waals surface area contributed by atoms with Crippen molar-refractivity contribution in [3.8, 4) is 0 Å². The third kappa shape index (κ3) is 3.26. The summed E-state index contributed by atoms with van der Waals surface area (Å²) < 4.78 is 0. The molecule has 0 spiro atoms. The largest absolute Gasteiger partial charge is 0.365 e. The van der Waals surface area contributed by atoms with Crippen LogP contribution >= 0.6 is 0 Å². The number of anilines is 2. The Kier molecular flexibility index (Phi) is 4.34. The number of nitrogens with one attached hydrogen (secondary N) is 2. The van der Waals surface area contributed by atoms with Gasteiger partial charge in [0.1, 0.15) is 5.82 Å². The van der Waals surface area contributed by atoms with Crippen LogP contribution in [0.1, 0.15) is 17.3 Å². The van der Waals surface area contributed by atoms with Crippen LogP contribution in [-0.4, -0.2) is 36.6 Å². The number of hydrogen-bond acceptors (Lipinski definition) is 4. The third-order valence-electron chi connectivity index (χ3n) is 3.86. The Morgan fingerprint density at radius 1 is 1.27 bits per heavy atom. The molecule has 2 N–H and O–H groups in total. The highest BCUT2D eigenvalue weighted by Gasteiger charge is 2.18. The molecule has 1 fully saturated rings. The first-order valence-corrected chi connectivity index (χ1v) is 7.54. The monoisotopic (exact) mass is 296 g/mol. The van der Waals surface area contributed by atoms with E-state index < -0.39 is 0 Å². The summed E-state index contributed by atoms with van der Waals surface area (Å²) in [4.78, 5) is 18.8. The second-order valence-corrected chi connectivity index (χ2v) is 5.47. The van der Waals surface area contributed by atoms with Gasteiger partial charge in [-0.05, 0) is 31.2 Å². The van der Waals surface area contributed by atoms with Gasteiger partial charge in [-0.25, -0.2) is 4.98 Å². The molecular weight excluding hydrogens is 276 g/mol. The molecule has 0 radical (unpaired) electrons. The Labute approximate surface area is 130 Å². The van der Waals surface area contributed by atoms with Gasteiger partial charge in [-0.15, -0.1) is 0 Å². The molecule has 5 heteroatoms. The number of carbonyl (C=O) groups is 1. The van der Waals surface area contributed by atoms with Gasteiger partial charge in [-0.1, -0.05) is 18.2 Å². The van der Waals surface area contributed by atoms with Gasteiger partial charge in [0.15, 0.2) is 0 Å². The highest BCUT2D eigenvalue weighted by atomic mass is 16.1. The van der Waals surface area contributed by atoms with Crippen molar-refractivity contribution in [3.63, 3.8) is 0 Å². The molecule has 5 nitrogen and oxygen atoms in total. The molecule has 1 amide bonds. The van der Waals surface area contributed by atoms with Gasteiger partial charge in [-0.3, -0.25) is 4.79 Å². The zero-order valence-corrected chi connectivity index (χ0v) is 12.6. The Hall–Kier alpha value is -2.40. The van der Waals surface area contributed by atoms with Gasteiger partial charge in [-0.2, -0.15) is 0 Å². The van der Waals surface area contributed by atoms with Crippen molar-refractivity contribution in [1.29, 1.82) is 0 Å². The van der Waals surface area contributed by atoms with Crippen molar-refractivity contribution in [2.75, 3.05) is 29.9 Å². The van der Waals surface area contributed by atoms with Crippen LogP contribution in [0.5, 0.6) is 0 Å². The quantitative estimate of drug-likeness (QED) is 0.911. The summed E-state index contributed by atoms with van der Waals surface area (Å²) in [5, 5.41) is 6.19. The lowest BCUT2D eigenvalue weighted by Crippen LogP contribution is -2.49. The standard InChI is InChI=1S/C17H20N4O/c1-13-11-18-9-10-21(13)15-7-8-16(19-12-15)20-17(22)14-5-3-2-4-6-14/h2-8,12-13,18H,9-11H2,1H3,(H,19,20,22). The summed E-state index contributed by atoms with van der Waals surface area (Å²) in [5.74, 6) is 0.428. The summed E-state index contributed by atoms with van der Waals surface area (Å²) in [6.45, 7) is 5.12. The zero-order valence-electron chi connectivity index (χ0n) is 12.6. The molecule has 1 aliphatic heterocycles. The molecule has 0 saturated carbocycles. The minimum atomic E-state index is -0.142. The Bertz CT molecular complexity index is 627.